The second kappa shape index (κ2) is 2.96. The van der Waals surface area contributed by atoms with E-state index < -0.39 is 0 Å². The maximum absolute atomic E-state index is 5.83. The predicted molar refractivity (Wildman–Crippen MR) is 51.7 cm³/mol. The summed E-state index contributed by atoms with van der Waals surface area (Å²) in [6.45, 7) is 4.80. The number of hydrogen-bond acceptors (Lipinski definition) is 2. The van der Waals surface area contributed by atoms with Crippen molar-refractivity contribution in [2.45, 2.75) is 50.9 Å². The Labute approximate surface area is 80.2 Å². The van der Waals surface area contributed by atoms with Crippen LogP contribution in [0.25, 0.3) is 0 Å². The molecule has 0 amide bonds. The monoisotopic (exact) mass is 181 g/mol. The highest BCUT2D eigenvalue weighted by atomic mass is 16.5. The molecule has 2 saturated heterocycles. The maximum Gasteiger partial charge on any atom is 0.0707 e. The van der Waals surface area contributed by atoms with Crippen LogP contribution >= 0.6 is 0 Å². The van der Waals surface area contributed by atoms with Crippen LogP contribution in [0.1, 0.15) is 32.6 Å². The molecule has 1 saturated carbocycles. The molecular formula is C11H19NO. The summed E-state index contributed by atoms with van der Waals surface area (Å²) in [6, 6.07) is 0.905. The third-order valence-electron chi connectivity index (χ3n) is 3.94. The summed E-state index contributed by atoms with van der Waals surface area (Å²) in [7, 11) is 0. The number of likely N-dealkylation sites (tertiary alicyclic amines) is 1. The van der Waals surface area contributed by atoms with Crippen LogP contribution in [0, 0.1) is 5.92 Å². The van der Waals surface area contributed by atoms with Gasteiger partial charge in [-0.25, -0.2) is 0 Å². The number of rotatable bonds is 1. The van der Waals surface area contributed by atoms with Gasteiger partial charge in [-0.1, -0.05) is 6.92 Å². The molecule has 0 radical (unpaired) electrons. The molecule has 0 spiro atoms. The van der Waals surface area contributed by atoms with Gasteiger partial charge in [-0.15, -0.1) is 0 Å². The number of ether oxygens (including phenoxy) is 1. The van der Waals surface area contributed by atoms with E-state index in [0.29, 0.717) is 12.2 Å². The van der Waals surface area contributed by atoms with Gasteiger partial charge >= 0.3 is 0 Å². The van der Waals surface area contributed by atoms with Gasteiger partial charge in [-0.05, 0) is 31.6 Å². The van der Waals surface area contributed by atoms with Gasteiger partial charge in [-0.3, -0.25) is 4.90 Å². The standard InChI is InChI=1S/C11H19NO/c1-8-4-9(5-8)12-6-10-2-3-11(7-12)13-10/h8-11H,2-7H2,1H3. The molecule has 2 bridgehead atoms. The van der Waals surface area contributed by atoms with Gasteiger partial charge in [0.05, 0.1) is 12.2 Å². The Morgan fingerprint density at radius 1 is 1.08 bits per heavy atom. The first-order valence-corrected chi connectivity index (χ1v) is 5.71. The maximum atomic E-state index is 5.83. The van der Waals surface area contributed by atoms with Crippen LogP contribution in [0.5, 0.6) is 0 Å². The summed E-state index contributed by atoms with van der Waals surface area (Å²) in [4.78, 5) is 2.69. The van der Waals surface area contributed by atoms with Crippen LogP contribution in [0.2, 0.25) is 0 Å². The minimum Gasteiger partial charge on any atom is -0.372 e. The molecule has 0 aromatic rings. The van der Waals surface area contributed by atoms with Gasteiger partial charge in [0.1, 0.15) is 0 Å². The molecule has 2 atom stereocenters. The molecule has 2 unspecified atom stereocenters. The van der Waals surface area contributed by atoms with E-state index in [1.807, 2.05) is 0 Å². The summed E-state index contributed by atoms with van der Waals surface area (Å²) in [6.07, 6.45) is 6.63. The van der Waals surface area contributed by atoms with Crippen LogP contribution in [-0.2, 0) is 4.74 Å². The van der Waals surface area contributed by atoms with Crippen LogP contribution < -0.4 is 0 Å². The lowest BCUT2D eigenvalue weighted by Crippen LogP contribution is -2.52. The fourth-order valence-corrected chi connectivity index (χ4v) is 3.10. The Morgan fingerprint density at radius 3 is 2.23 bits per heavy atom. The lowest BCUT2D eigenvalue weighted by atomic mass is 9.80. The van der Waals surface area contributed by atoms with Crippen molar-refractivity contribution in [2.75, 3.05) is 13.1 Å². The van der Waals surface area contributed by atoms with E-state index >= 15 is 0 Å². The lowest BCUT2D eigenvalue weighted by Gasteiger charge is -2.45. The van der Waals surface area contributed by atoms with Crippen LogP contribution in [-0.4, -0.2) is 36.2 Å². The first-order chi connectivity index (χ1) is 6.31. The van der Waals surface area contributed by atoms with E-state index in [1.54, 1.807) is 0 Å². The highest BCUT2D eigenvalue weighted by Gasteiger charge is 2.39. The molecule has 1 aliphatic carbocycles. The van der Waals surface area contributed by atoms with E-state index in [4.69, 9.17) is 4.74 Å². The normalized spacial score (nSPS) is 50.5. The van der Waals surface area contributed by atoms with E-state index in [0.717, 1.165) is 12.0 Å². The van der Waals surface area contributed by atoms with E-state index in [9.17, 15) is 0 Å². The third-order valence-corrected chi connectivity index (χ3v) is 3.94. The first-order valence-electron chi connectivity index (χ1n) is 5.71. The summed E-state index contributed by atoms with van der Waals surface area (Å²) < 4.78 is 5.83. The zero-order valence-electron chi connectivity index (χ0n) is 8.41. The molecule has 3 rings (SSSR count). The minimum absolute atomic E-state index is 0.578. The molecule has 2 aliphatic heterocycles. The van der Waals surface area contributed by atoms with Crippen LogP contribution in [0.4, 0.5) is 0 Å². The largest absolute Gasteiger partial charge is 0.372 e. The van der Waals surface area contributed by atoms with Gasteiger partial charge in [0.2, 0.25) is 0 Å². The molecule has 13 heavy (non-hydrogen) atoms. The summed E-state index contributed by atoms with van der Waals surface area (Å²) in [5, 5.41) is 0. The van der Waals surface area contributed by atoms with Gasteiger partial charge in [0, 0.05) is 19.1 Å². The van der Waals surface area contributed by atoms with Crippen LogP contribution in [0.3, 0.4) is 0 Å². The quantitative estimate of drug-likeness (QED) is 0.610. The summed E-state index contributed by atoms with van der Waals surface area (Å²) in [5.41, 5.74) is 0. The van der Waals surface area contributed by atoms with E-state index in [-0.39, 0.29) is 0 Å². The van der Waals surface area contributed by atoms with E-state index in [2.05, 4.69) is 11.8 Å². The molecular weight excluding hydrogens is 162 g/mol. The average Bonchev–Trinajstić information content (AvgIpc) is 2.40. The van der Waals surface area contributed by atoms with Crippen molar-refractivity contribution in [1.29, 1.82) is 0 Å². The number of morpholine rings is 1. The molecule has 0 N–H and O–H groups in total. The van der Waals surface area contributed by atoms with Crippen LogP contribution in [0.15, 0.2) is 0 Å². The predicted octanol–water partition coefficient (Wildman–Crippen LogP) is 1.65. The highest BCUT2D eigenvalue weighted by molar-refractivity contribution is 4.92. The number of fused-ring (bicyclic) bond motifs is 2. The number of nitrogens with zero attached hydrogens (tertiary/aromatic N) is 1. The number of hydrogen-bond donors (Lipinski definition) is 0. The molecule has 3 aliphatic rings. The van der Waals surface area contributed by atoms with Crippen molar-refractivity contribution in [1.82, 2.24) is 4.90 Å². The Balaban J connectivity index is 1.60. The van der Waals surface area contributed by atoms with Crippen molar-refractivity contribution in [3.63, 3.8) is 0 Å². The van der Waals surface area contributed by atoms with Crippen molar-refractivity contribution in [2.24, 2.45) is 5.92 Å². The highest BCUT2D eigenvalue weighted by Crippen LogP contribution is 2.35. The summed E-state index contributed by atoms with van der Waals surface area (Å²) >= 11 is 0. The zero-order chi connectivity index (χ0) is 8.84. The Hall–Kier alpha value is -0.0800. The summed E-state index contributed by atoms with van der Waals surface area (Å²) in [5.74, 6) is 0.977. The Kier molecular flexibility index (Phi) is 1.88. The van der Waals surface area contributed by atoms with Gasteiger partial charge in [-0.2, -0.15) is 0 Å². The molecule has 3 fully saturated rings. The van der Waals surface area contributed by atoms with Crippen molar-refractivity contribution in [3.05, 3.63) is 0 Å². The molecule has 74 valence electrons. The zero-order valence-corrected chi connectivity index (χ0v) is 8.41. The van der Waals surface area contributed by atoms with Crippen molar-refractivity contribution in [3.8, 4) is 0 Å². The average molecular weight is 181 g/mol. The van der Waals surface area contributed by atoms with Crippen molar-refractivity contribution < 1.29 is 4.74 Å². The third kappa shape index (κ3) is 1.40. The second-order valence-corrected chi connectivity index (χ2v) is 5.14. The molecule has 2 heterocycles. The Morgan fingerprint density at radius 2 is 1.69 bits per heavy atom. The molecule has 2 heteroatoms. The lowest BCUT2D eigenvalue weighted by molar-refractivity contribution is -0.0709. The van der Waals surface area contributed by atoms with Crippen molar-refractivity contribution >= 4 is 0 Å². The minimum atomic E-state index is 0.578. The smallest absolute Gasteiger partial charge is 0.0707 e. The Bertz CT molecular complexity index is 188. The first kappa shape index (κ1) is 8.25. The van der Waals surface area contributed by atoms with Gasteiger partial charge < -0.3 is 4.74 Å². The molecule has 0 aromatic carbocycles. The molecule has 2 nitrogen and oxygen atoms in total. The van der Waals surface area contributed by atoms with E-state index in [1.165, 1.54) is 38.8 Å². The topological polar surface area (TPSA) is 12.5 Å². The van der Waals surface area contributed by atoms with Gasteiger partial charge in [0.25, 0.3) is 0 Å². The SMILES string of the molecule is CC1CC(N2CC3CCC(C2)O3)C1. The fourth-order valence-electron chi connectivity index (χ4n) is 3.10. The fraction of sp³-hybridized carbons (Fsp3) is 1.00. The second-order valence-electron chi connectivity index (χ2n) is 5.14. The van der Waals surface area contributed by atoms with Gasteiger partial charge in [0.15, 0.2) is 0 Å². The molecule has 0 aromatic heterocycles.